The second-order valence-corrected chi connectivity index (χ2v) is 5.28. The molecule has 2 rings (SSSR count). The van der Waals surface area contributed by atoms with E-state index in [-0.39, 0.29) is 5.56 Å². The predicted molar refractivity (Wildman–Crippen MR) is 59.1 cm³/mol. The maximum Gasteiger partial charge on any atom is 0.337 e. The molecule has 0 saturated carbocycles. The summed E-state index contributed by atoms with van der Waals surface area (Å²) < 4.78 is 23.9. The average Bonchev–Trinajstić information content (AvgIpc) is 2.56. The highest BCUT2D eigenvalue weighted by Gasteiger charge is 2.17. The Morgan fingerprint density at radius 1 is 1.31 bits per heavy atom. The number of nitrogens with zero attached hydrogens (tertiary/aromatic N) is 1. The number of carboxylic acid groups (broad SMARTS) is 1. The molecule has 1 aromatic carbocycles. The van der Waals surface area contributed by atoms with Crippen LogP contribution < -0.4 is 0 Å². The van der Waals surface area contributed by atoms with Crippen molar-refractivity contribution in [1.29, 1.82) is 0 Å². The molecule has 0 bridgehead atoms. The van der Waals surface area contributed by atoms with E-state index in [0.29, 0.717) is 10.9 Å². The first-order valence-corrected chi connectivity index (χ1v) is 6.30. The van der Waals surface area contributed by atoms with Gasteiger partial charge >= 0.3 is 5.97 Å². The topological polar surface area (TPSA) is 76.4 Å². The van der Waals surface area contributed by atoms with E-state index < -0.39 is 16.0 Å². The summed E-state index contributed by atoms with van der Waals surface area (Å²) in [6.07, 6.45) is 2.16. The van der Waals surface area contributed by atoms with Crippen molar-refractivity contribution in [2.75, 3.05) is 6.26 Å². The standard InChI is InChI=1S/C10H9NO4S/c1-16(14,15)11-6-8(10(12)13)7-4-2-3-5-9(7)11/h2-6H,1H3,(H,12,13). The Labute approximate surface area is 92.0 Å². The molecule has 2 aromatic rings. The van der Waals surface area contributed by atoms with Crippen LogP contribution in [-0.4, -0.2) is 29.7 Å². The maximum absolute atomic E-state index is 11.5. The first kappa shape index (κ1) is 10.7. The van der Waals surface area contributed by atoms with E-state index in [1.165, 1.54) is 0 Å². The third-order valence-corrected chi connectivity index (χ3v) is 3.28. The SMILES string of the molecule is CS(=O)(=O)n1cc(C(=O)O)c2ccccc21. The van der Waals surface area contributed by atoms with Crippen molar-refractivity contribution in [2.24, 2.45) is 0 Å². The van der Waals surface area contributed by atoms with Crippen LogP contribution in [0.5, 0.6) is 0 Å². The number of benzene rings is 1. The minimum Gasteiger partial charge on any atom is -0.478 e. The van der Waals surface area contributed by atoms with Crippen molar-refractivity contribution in [2.45, 2.75) is 0 Å². The summed E-state index contributed by atoms with van der Waals surface area (Å²) in [7, 11) is -3.49. The zero-order chi connectivity index (χ0) is 11.9. The Morgan fingerprint density at radius 2 is 1.94 bits per heavy atom. The fraction of sp³-hybridized carbons (Fsp3) is 0.100. The van der Waals surface area contributed by atoms with E-state index in [1.807, 2.05) is 0 Å². The van der Waals surface area contributed by atoms with Gasteiger partial charge in [-0.1, -0.05) is 18.2 Å². The second-order valence-electron chi connectivity index (χ2n) is 3.42. The third kappa shape index (κ3) is 1.57. The first-order valence-electron chi connectivity index (χ1n) is 4.45. The number of carboxylic acids is 1. The molecule has 1 aromatic heterocycles. The molecule has 0 amide bonds. The Morgan fingerprint density at radius 3 is 2.50 bits per heavy atom. The van der Waals surface area contributed by atoms with E-state index in [9.17, 15) is 13.2 Å². The van der Waals surface area contributed by atoms with E-state index in [0.717, 1.165) is 16.4 Å². The van der Waals surface area contributed by atoms with Gasteiger partial charge in [-0.15, -0.1) is 0 Å². The van der Waals surface area contributed by atoms with Crippen LogP contribution in [0.4, 0.5) is 0 Å². The van der Waals surface area contributed by atoms with E-state index in [4.69, 9.17) is 5.11 Å². The molecular formula is C10H9NO4S. The quantitative estimate of drug-likeness (QED) is 0.852. The molecule has 0 aliphatic carbocycles. The summed E-state index contributed by atoms with van der Waals surface area (Å²) >= 11 is 0. The van der Waals surface area contributed by atoms with Crippen molar-refractivity contribution in [3.63, 3.8) is 0 Å². The van der Waals surface area contributed by atoms with Crippen molar-refractivity contribution >= 4 is 26.9 Å². The zero-order valence-corrected chi connectivity index (χ0v) is 9.23. The molecule has 0 radical (unpaired) electrons. The highest BCUT2D eigenvalue weighted by atomic mass is 32.2. The summed E-state index contributed by atoms with van der Waals surface area (Å²) in [5, 5.41) is 9.37. The molecule has 1 heterocycles. The van der Waals surface area contributed by atoms with E-state index in [1.54, 1.807) is 24.3 Å². The van der Waals surface area contributed by atoms with Gasteiger partial charge in [0, 0.05) is 11.6 Å². The number of rotatable bonds is 2. The Bertz CT molecular complexity index is 669. The van der Waals surface area contributed by atoms with Crippen molar-refractivity contribution < 1.29 is 18.3 Å². The van der Waals surface area contributed by atoms with Crippen molar-refractivity contribution in [3.05, 3.63) is 36.0 Å². The summed E-state index contributed by atoms with van der Waals surface area (Å²) in [6, 6.07) is 6.49. The normalized spacial score (nSPS) is 11.8. The van der Waals surface area contributed by atoms with Crippen molar-refractivity contribution in [3.8, 4) is 0 Å². The van der Waals surface area contributed by atoms with Crippen molar-refractivity contribution in [1.82, 2.24) is 3.97 Å². The third-order valence-electron chi connectivity index (χ3n) is 2.27. The molecule has 1 N–H and O–H groups in total. The average molecular weight is 239 g/mol. The molecule has 6 heteroatoms. The molecule has 0 saturated heterocycles. The molecule has 84 valence electrons. The van der Waals surface area contributed by atoms with Crippen LogP contribution in [0.1, 0.15) is 10.4 Å². The van der Waals surface area contributed by atoms with Gasteiger partial charge in [-0.25, -0.2) is 17.2 Å². The summed E-state index contributed by atoms with van der Waals surface area (Å²) in [6.45, 7) is 0. The minimum atomic E-state index is -3.49. The lowest BCUT2D eigenvalue weighted by molar-refractivity contribution is 0.0699. The largest absolute Gasteiger partial charge is 0.478 e. The Balaban J connectivity index is 2.93. The number of para-hydroxylation sites is 1. The lowest BCUT2D eigenvalue weighted by Gasteiger charge is -2.00. The van der Waals surface area contributed by atoms with Gasteiger partial charge in [-0.2, -0.15) is 0 Å². The fourth-order valence-electron chi connectivity index (χ4n) is 1.59. The second kappa shape index (κ2) is 3.34. The van der Waals surface area contributed by atoms with Gasteiger partial charge in [0.05, 0.1) is 17.3 Å². The summed E-state index contributed by atoms with van der Waals surface area (Å²) in [4.78, 5) is 10.9. The minimum absolute atomic E-state index is 0.0129. The molecule has 16 heavy (non-hydrogen) atoms. The maximum atomic E-state index is 11.5. The van der Waals surface area contributed by atoms with Gasteiger partial charge in [0.2, 0.25) is 10.0 Å². The van der Waals surface area contributed by atoms with Gasteiger partial charge < -0.3 is 5.11 Å². The number of hydrogen-bond donors (Lipinski definition) is 1. The van der Waals surface area contributed by atoms with Gasteiger partial charge in [-0.3, -0.25) is 0 Å². The number of aromatic carboxylic acids is 1. The number of carbonyl (C=O) groups is 1. The summed E-state index contributed by atoms with van der Waals surface area (Å²) in [5.74, 6) is -1.14. The van der Waals surface area contributed by atoms with E-state index >= 15 is 0 Å². The molecular weight excluding hydrogens is 230 g/mol. The number of aromatic nitrogens is 1. The molecule has 0 aliphatic heterocycles. The fourth-order valence-corrected chi connectivity index (χ4v) is 2.41. The van der Waals surface area contributed by atoms with Crippen LogP contribution in [-0.2, 0) is 10.0 Å². The zero-order valence-electron chi connectivity index (χ0n) is 8.41. The highest BCUT2D eigenvalue weighted by molar-refractivity contribution is 7.89. The lowest BCUT2D eigenvalue weighted by Crippen LogP contribution is -2.08. The van der Waals surface area contributed by atoms with Gasteiger partial charge in [0.25, 0.3) is 0 Å². The van der Waals surface area contributed by atoms with E-state index in [2.05, 4.69) is 0 Å². The molecule has 0 spiro atoms. The van der Waals surface area contributed by atoms with Gasteiger partial charge in [0.1, 0.15) is 0 Å². The molecule has 5 nitrogen and oxygen atoms in total. The van der Waals surface area contributed by atoms with Crippen LogP contribution in [0.15, 0.2) is 30.5 Å². The molecule has 0 fully saturated rings. The number of fused-ring (bicyclic) bond motifs is 1. The Hall–Kier alpha value is -1.82. The van der Waals surface area contributed by atoms with Gasteiger partial charge in [-0.05, 0) is 6.07 Å². The predicted octanol–water partition coefficient (Wildman–Crippen LogP) is 1.15. The first-order chi connectivity index (χ1) is 7.41. The highest BCUT2D eigenvalue weighted by Crippen LogP contribution is 2.22. The molecule has 0 unspecified atom stereocenters. The lowest BCUT2D eigenvalue weighted by atomic mass is 10.2. The smallest absolute Gasteiger partial charge is 0.337 e. The van der Waals surface area contributed by atoms with Crippen LogP contribution in [0.2, 0.25) is 0 Å². The van der Waals surface area contributed by atoms with Crippen LogP contribution in [0.3, 0.4) is 0 Å². The monoisotopic (exact) mass is 239 g/mol. The molecule has 0 atom stereocenters. The summed E-state index contributed by atoms with van der Waals surface area (Å²) in [5.41, 5.74) is 0.364. The molecule has 0 aliphatic rings. The number of hydrogen-bond acceptors (Lipinski definition) is 3. The van der Waals surface area contributed by atoms with Crippen LogP contribution in [0, 0.1) is 0 Å². The Kier molecular flexibility index (Phi) is 2.23. The van der Waals surface area contributed by atoms with Crippen LogP contribution >= 0.6 is 0 Å². The van der Waals surface area contributed by atoms with Gasteiger partial charge in [0.15, 0.2) is 0 Å². The van der Waals surface area contributed by atoms with Crippen LogP contribution in [0.25, 0.3) is 10.9 Å².